The summed E-state index contributed by atoms with van der Waals surface area (Å²) >= 11 is 1.13. The molecule has 3 aromatic rings. The Balaban J connectivity index is 1.35. The predicted octanol–water partition coefficient (Wildman–Crippen LogP) is 6.52. The summed E-state index contributed by atoms with van der Waals surface area (Å²) in [5.74, 6) is -0.912. The van der Waals surface area contributed by atoms with E-state index in [9.17, 15) is 18.7 Å². The predicted molar refractivity (Wildman–Crippen MR) is 139 cm³/mol. The SMILES string of the molecule is COc1ccc2nccc([C@H](F)CC[C@@H]3CCN(CCSc4c(F)cccc4F)C[C@@H]3CC(=O)O)c2c1. The van der Waals surface area contributed by atoms with Crippen molar-refractivity contribution in [3.63, 3.8) is 0 Å². The molecular weight excluding hydrogens is 501 g/mol. The average molecular weight is 533 g/mol. The summed E-state index contributed by atoms with van der Waals surface area (Å²) in [5, 5.41) is 10.2. The van der Waals surface area contributed by atoms with E-state index in [1.54, 1.807) is 31.5 Å². The molecule has 37 heavy (non-hydrogen) atoms. The molecule has 2 heterocycles. The van der Waals surface area contributed by atoms with Crippen molar-refractivity contribution < 1.29 is 27.8 Å². The molecule has 0 amide bonds. The van der Waals surface area contributed by atoms with Gasteiger partial charge in [0.1, 0.15) is 23.6 Å². The van der Waals surface area contributed by atoms with Crippen molar-refractivity contribution in [1.29, 1.82) is 0 Å². The van der Waals surface area contributed by atoms with Gasteiger partial charge in [-0.05, 0) is 79.6 Å². The Bertz CT molecular complexity index is 1210. The fourth-order valence-corrected chi connectivity index (χ4v) is 6.12. The Kier molecular flexibility index (Phi) is 9.32. The first-order valence-corrected chi connectivity index (χ1v) is 13.4. The van der Waals surface area contributed by atoms with Crippen LogP contribution in [0.15, 0.2) is 53.6 Å². The molecule has 0 spiro atoms. The number of rotatable bonds is 11. The lowest BCUT2D eigenvalue weighted by molar-refractivity contribution is -0.139. The van der Waals surface area contributed by atoms with Gasteiger partial charge in [0.05, 0.1) is 17.5 Å². The van der Waals surface area contributed by atoms with Crippen LogP contribution in [0.25, 0.3) is 10.9 Å². The Morgan fingerprint density at radius 2 is 2.00 bits per heavy atom. The number of alkyl halides is 1. The molecule has 0 bridgehead atoms. The van der Waals surface area contributed by atoms with Crippen LogP contribution in [0.1, 0.15) is 37.4 Å². The molecule has 1 saturated heterocycles. The summed E-state index contributed by atoms with van der Waals surface area (Å²) in [5.41, 5.74) is 1.26. The maximum Gasteiger partial charge on any atom is 0.303 e. The topological polar surface area (TPSA) is 62.7 Å². The van der Waals surface area contributed by atoms with Crippen LogP contribution in [-0.2, 0) is 4.79 Å². The maximum absolute atomic E-state index is 15.5. The number of carbonyl (C=O) groups is 1. The first-order valence-electron chi connectivity index (χ1n) is 12.4. The lowest BCUT2D eigenvalue weighted by atomic mass is 9.79. The molecule has 1 fully saturated rings. The summed E-state index contributed by atoms with van der Waals surface area (Å²) in [7, 11) is 1.57. The minimum atomic E-state index is -1.20. The molecular formula is C28H31F3N2O3S. The van der Waals surface area contributed by atoms with Crippen LogP contribution >= 0.6 is 11.8 Å². The third-order valence-corrected chi connectivity index (χ3v) is 8.16. The molecule has 3 atom stereocenters. The number of ether oxygens (including phenoxy) is 1. The zero-order valence-corrected chi connectivity index (χ0v) is 21.5. The van der Waals surface area contributed by atoms with Crippen molar-refractivity contribution in [3.05, 3.63) is 65.9 Å². The number of aliphatic carboxylic acids is 1. The van der Waals surface area contributed by atoms with E-state index in [4.69, 9.17) is 4.74 Å². The number of fused-ring (bicyclic) bond motifs is 1. The summed E-state index contributed by atoms with van der Waals surface area (Å²) in [6.45, 7) is 1.91. The molecule has 4 rings (SSSR count). The summed E-state index contributed by atoms with van der Waals surface area (Å²) < 4.78 is 48.5. The van der Waals surface area contributed by atoms with Crippen molar-refractivity contribution in [3.8, 4) is 5.75 Å². The van der Waals surface area contributed by atoms with E-state index in [0.717, 1.165) is 30.1 Å². The summed E-state index contributed by atoms with van der Waals surface area (Å²) in [6, 6.07) is 10.9. The first kappa shape index (κ1) is 27.3. The Hall–Kier alpha value is -2.78. The Morgan fingerprint density at radius 1 is 1.22 bits per heavy atom. The number of hydrogen-bond acceptors (Lipinski definition) is 5. The van der Waals surface area contributed by atoms with Gasteiger partial charge in [-0.1, -0.05) is 6.07 Å². The molecule has 2 aromatic carbocycles. The van der Waals surface area contributed by atoms with Crippen molar-refractivity contribution in [2.45, 2.75) is 36.8 Å². The van der Waals surface area contributed by atoms with E-state index < -0.39 is 23.8 Å². The zero-order valence-electron chi connectivity index (χ0n) is 20.7. The van der Waals surface area contributed by atoms with Gasteiger partial charge in [-0.15, -0.1) is 11.8 Å². The molecule has 9 heteroatoms. The van der Waals surface area contributed by atoms with Crippen molar-refractivity contribution in [2.24, 2.45) is 11.8 Å². The molecule has 1 aromatic heterocycles. The number of thioether (sulfide) groups is 1. The fourth-order valence-electron chi connectivity index (χ4n) is 5.15. The molecule has 0 unspecified atom stereocenters. The van der Waals surface area contributed by atoms with Crippen LogP contribution < -0.4 is 4.74 Å². The highest BCUT2D eigenvalue weighted by Crippen LogP contribution is 2.36. The van der Waals surface area contributed by atoms with E-state index in [0.29, 0.717) is 48.5 Å². The fraction of sp³-hybridized carbons (Fsp3) is 0.429. The number of methoxy groups -OCH3 is 1. The number of pyridine rings is 1. The van der Waals surface area contributed by atoms with E-state index in [2.05, 4.69) is 9.88 Å². The highest BCUT2D eigenvalue weighted by atomic mass is 32.2. The second-order valence-corrected chi connectivity index (χ2v) is 10.5. The van der Waals surface area contributed by atoms with Gasteiger partial charge in [0.25, 0.3) is 0 Å². The van der Waals surface area contributed by atoms with Gasteiger partial charge in [-0.2, -0.15) is 0 Å². The second kappa shape index (κ2) is 12.6. The maximum atomic E-state index is 15.5. The number of carboxylic acids is 1. The summed E-state index contributed by atoms with van der Waals surface area (Å²) in [6.07, 6.45) is 2.05. The first-order chi connectivity index (χ1) is 17.9. The molecule has 5 nitrogen and oxygen atoms in total. The number of carboxylic acid groups (broad SMARTS) is 1. The molecule has 1 aliphatic heterocycles. The molecule has 1 aliphatic rings. The molecule has 0 radical (unpaired) electrons. The van der Waals surface area contributed by atoms with E-state index >= 15 is 4.39 Å². The van der Waals surface area contributed by atoms with Gasteiger partial charge in [-0.25, -0.2) is 13.2 Å². The molecule has 0 aliphatic carbocycles. The minimum absolute atomic E-state index is 0.00900. The normalized spacial score (nSPS) is 19.1. The third kappa shape index (κ3) is 6.96. The highest BCUT2D eigenvalue weighted by Gasteiger charge is 2.31. The summed E-state index contributed by atoms with van der Waals surface area (Å²) in [4.78, 5) is 18.0. The minimum Gasteiger partial charge on any atom is -0.497 e. The molecule has 198 valence electrons. The van der Waals surface area contributed by atoms with E-state index in [-0.39, 0.29) is 23.2 Å². The van der Waals surface area contributed by atoms with Gasteiger partial charge < -0.3 is 14.7 Å². The van der Waals surface area contributed by atoms with Crippen LogP contribution in [0.4, 0.5) is 13.2 Å². The third-order valence-electron chi connectivity index (χ3n) is 7.10. The van der Waals surface area contributed by atoms with Crippen LogP contribution in [0.3, 0.4) is 0 Å². The van der Waals surface area contributed by atoms with E-state index in [1.165, 1.54) is 18.2 Å². The van der Waals surface area contributed by atoms with Crippen molar-refractivity contribution >= 4 is 28.6 Å². The average Bonchev–Trinajstić information content (AvgIpc) is 2.88. The molecule has 0 saturated carbocycles. The zero-order chi connectivity index (χ0) is 26.4. The largest absolute Gasteiger partial charge is 0.497 e. The second-order valence-electron chi connectivity index (χ2n) is 9.43. The van der Waals surface area contributed by atoms with Crippen molar-refractivity contribution in [1.82, 2.24) is 9.88 Å². The van der Waals surface area contributed by atoms with Gasteiger partial charge in [-0.3, -0.25) is 9.78 Å². The van der Waals surface area contributed by atoms with Gasteiger partial charge in [0, 0.05) is 36.8 Å². The standard InChI is InChI=1S/C28H31F3N2O3S/c1-36-20-6-8-26-22(16-20)21(9-11-32-26)23(29)7-5-18-10-12-33(17-19(18)15-27(34)35)13-14-37-28-24(30)3-2-4-25(28)31/h2-4,6,8-9,11,16,18-19,23H,5,7,10,12-15,17H2,1H3,(H,34,35)/t18-,19+,23-/m1/s1. The van der Waals surface area contributed by atoms with E-state index in [1.807, 2.05) is 6.07 Å². The van der Waals surface area contributed by atoms with Gasteiger partial charge in [0.15, 0.2) is 0 Å². The van der Waals surface area contributed by atoms with Crippen LogP contribution in [0.5, 0.6) is 5.75 Å². The quantitative estimate of drug-likeness (QED) is 0.284. The lowest BCUT2D eigenvalue weighted by Crippen LogP contribution is -2.42. The van der Waals surface area contributed by atoms with Crippen LogP contribution in [-0.4, -0.2) is 53.5 Å². The van der Waals surface area contributed by atoms with Crippen LogP contribution in [0, 0.1) is 23.5 Å². The number of aromatic nitrogens is 1. The number of benzene rings is 2. The van der Waals surface area contributed by atoms with Gasteiger partial charge >= 0.3 is 5.97 Å². The number of nitrogens with zero attached hydrogens (tertiary/aromatic N) is 2. The Morgan fingerprint density at radius 3 is 2.73 bits per heavy atom. The monoisotopic (exact) mass is 532 g/mol. The number of halogens is 3. The Labute approximate surface area is 219 Å². The highest BCUT2D eigenvalue weighted by molar-refractivity contribution is 7.99. The van der Waals surface area contributed by atoms with Crippen LogP contribution in [0.2, 0.25) is 0 Å². The number of hydrogen-bond donors (Lipinski definition) is 1. The van der Waals surface area contributed by atoms with Gasteiger partial charge in [0.2, 0.25) is 0 Å². The molecule has 1 N–H and O–H groups in total. The van der Waals surface area contributed by atoms with Crippen molar-refractivity contribution in [2.75, 3.05) is 32.5 Å². The smallest absolute Gasteiger partial charge is 0.303 e. The lowest BCUT2D eigenvalue weighted by Gasteiger charge is -2.38. The number of likely N-dealkylation sites (tertiary alicyclic amines) is 1. The number of piperidine rings is 1.